The second-order valence-electron chi connectivity index (χ2n) is 6.09. The molecule has 0 aliphatic carbocycles. The molecule has 0 unspecified atom stereocenters. The molecule has 2 aromatic rings. The average molecular weight is 576 g/mol. The maximum absolute atomic E-state index is 12.3. The predicted molar refractivity (Wildman–Crippen MR) is 125 cm³/mol. The second kappa shape index (κ2) is 10.3. The van der Waals surface area contributed by atoms with Crippen LogP contribution >= 0.6 is 45.8 Å². The van der Waals surface area contributed by atoms with Crippen LogP contribution in [0, 0.1) is 3.57 Å². The molecule has 0 saturated heterocycles. The van der Waals surface area contributed by atoms with Crippen LogP contribution < -0.4 is 9.47 Å². The molecule has 10 heteroatoms. The highest BCUT2D eigenvalue weighted by Gasteiger charge is 2.25. The smallest absolute Gasteiger partial charge is 0.363 e. The van der Waals surface area contributed by atoms with Crippen LogP contribution in [0.15, 0.2) is 41.0 Å². The third kappa shape index (κ3) is 5.69. The number of ether oxygens (including phenoxy) is 4. The molecule has 1 heterocycles. The summed E-state index contributed by atoms with van der Waals surface area (Å²) in [5, 5.41) is 0.714. The molecule has 0 radical (unpaired) electrons. The van der Waals surface area contributed by atoms with Crippen LogP contribution in [0.2, 0.25) is 10.0 Å². The molecule has 2 aromatic carbocycles. The van der Waals surface area contributed by atoms with Crippen molar-refractivity contribution in [1.82, 2.24) is 0 Å². The molecular weight excluding hydrogens is 560 g/mol. The number of carbonyl (C=O) groups excluding carboxylic acids is 2. The fourth-order valence-corrected chi connectivity index (χ4v) is 3.70. The lowest BCUT2D eigenvalue weighted by Gasteiger charge is -2.13. The maximum Gasteiger partial charge on any atom is 0.363 e. The van der Waals surface area contributed by atoms with Crippen LogP contribution in [-0.4, -0.2) is 38.2 Å². The van der Waals surface area contributed by atoms with E-state index in [4.69, 9.17) is 42.1 Å². The standard InChI is InChI=1S/C21H16Cl2INO6/c1-3-29-18(26)10-30-19-15(24)6-11(8-17(19)28-2)7-16-21(27)31-20(25-16)12-4-5-13(22)14(23)9-12/h4-9H,3,10H2,1-2H3/b16-7-. The van der Waals surface area contributed by atoms with Gasteiger partial charge in [-0.05, 0) is 71.5 Å². The van der Waals surface area contributed by atoms with Gasteiger partial charge in [-0.1, -0.05) is 23.2 Å². The van der Waals surface area contributed by atoms with E-state index in [9.17, 15) is 9.59 Å². The van der Waals surface area contributed by atoms with E-state index in [1.807, 2.05) is 22.6 Å². The molecule has 0 spiro atoms. The summed E-state index contributed by atoms with van der Waals surface area (Å²) in [5.74, 6) is -0.164. The first-order chi connectivity index (χ1) is 14.8. The van der Waals surface area contributed by atoms with Crippen molar-refractivity contribution >= 4 is 69.7 Å². The Labute approximate surface area is 202 Å². The number of methoxy groups -OCH3 is 1. The van der Waals surface area contributed by atoms with E-state index < -0.39 is 11.9 Å². The number of esters is 2. The van der Waals surface area contributed by atoms with Crippen LogP contribution in [-0.2, 0) is 19.1 Å². The minimum Gasteiger partial charge on any atom is -0.493 e. The Hall–Kier alpha value is -2.30. The number of halogens is 3. The van der Waals surface area contributed by atoms with E-state index >= 15 is 0 Å². The Morgan fingerprint density at radius 3 is 2.68 bits per heavy atom. The first-order valence-electron chi connectivity index (χ1n) is 8.96. The van der Waals surface area contributed by atoms with Crippen LogP contribution in [0.3, 0.4) is 0 Å². The SMILES string of the molecule is CCOC(=O)COc1c(I)cc(/C=C2\N=C(c3ccc(Cl)c(Cl)c3)OC2=O)cc1OC. The number of cyclic esters (lactones) is 1. The number of carbonyl (C=O) groups is 2. The Kier molecular flexibility index (Phi) is 7.79. The molecule has 0 aromatic heterocycles. The normalized spacial score (nSPS) is 14.3. The van der Waals surface area contributed by atoms with Gasteiger partial charge in [-0.15, -0.1) is 0 Å². The zero-order chi connectivity index (χ0) is 22.5. The number of aliphatic imine (C=N–C) groups is 1. The average Bonchev–Trinajstić information content (AvgIpc) is 3.09. The Morgan fingerprint density at radius 1 is 1.23 bits per heavy atom. The first kappa shape index (κ1) is 23.4. The van der Waals surface area contributed by atoms with Crippen molar-refractivity contribution in [1.29, 1.82) is 0 Å². The van der Waals surface area contributed by atoms with Crippen LogP contribution in [0.1, 0.15) is 18.1 Å². The minimum absolute atomic E-state index is 0.110. The molecule has 0 amide bonds. The van der Waals surface area contributed by atoms with E-state index in [-0.39, 0.29) is 24.8 Å². The Bertz CT molecular complexity index is 1100. The maximum atomic E-state index is 12.3. The van der Waals surface area contributed by atoms with Gasteiger partial charge in [0.05, 0.1) is 27.3 Å². The summed E-state index contributed by atoms with van der Waals surface area (Å²) in [6, 6.07) is 8.25. The fraction of sp³-hybridized carbons (Fsp3) is 0.190. The Morgan fingerprint density at radius 2 is 2.00 bits per heavy atom. The lowest BCUT2D eigenvalue weighted by Crippen LogP contribution is -2.15. The van der Waals surface area contributed by atoms with Gasteiger partial charge in [-0.25, -0.2) is 14.6 Å². The van der Waals surface area contributed by atoms with Gasteiger partial charge in [0.25, 0.3) is 0 Å². The highest BCUT2D eigenvalue weighted by molar-refractivity contribution is 14.1. The number of hydrogen-bond donors (Lipinski definition) is 0. The summed E-state index contributed by atoms with van der Waals surface area (Å²) in [4.78, 5) is 28.1. The first-order valence-corrected chi connectivity index (χ1v) is 10.8. The molecule has 0 bridgehead atoms. The third-order valence-corrected chi connectivity index (χ3v) is 5.52. The zero-order valence-corrected chi connectivity index (χ0v) is 20.1. The van der Waals surface area contributed by atoms with Crippen molar-refractivity contribution in [2.75, 3.05) is 20.3 Å². The molecule has 31 heavy (non-hydrogen) atoms. The van der Waals surface area contributed by atoms with Gasteiger partial charge in [0.1, 0.15) is 0 Å². The fourth-order valence-electron chi connectivity index (χ4n) is 2.62. The topological polar surface area (TPSA) is 83.4 Å². The van der Waals surface area contributed by atoms with E-state index in [1.165, 1.54) is 7.11 Å². The molecule has 0 saturated carbocycles. The van der Waals surface area contributed by atoms with Crippen molar-refractivity contribution < 1.29 is 28.5 Å². The summed E-state index contributed by atoms with van der Waals surface area (Å²) in [7, 11) is 1.48. The van der Waals surface area contributed by atoms with Crippen molar-refractivity contribution in [2.24, 2.45) is 4.99 Å². The molecule has 0 atom stereocenters. The predicted octanol–water partition coefficient (Wildman–Crippen LogP) is 4.89. The summed E-state index contributed by atoms with van der Waals surface area (Å²) in [5.41, 5.74) is 1.27. The molecule has 1 aliphatic heterocycles. The van der Waals surface area contributed by atoms with E-state index in [2.05, 4.69) is 4.99 Å². The lowest BCUT2D eigenvalue weighted by atomic mass is 10.1. The molecule has 0 N–H and O–H groups in total. The highest BCUT2D eigenvalue weighted by atomic mass is 127. The number of benzene rings is 2. The van der Waals surface area contributed by atoms with Gasteiger partial charge < -0.3 is 18.9 Å². The summed E-state index contributed by atoms with van der Waals surface area (Å²) in [6.45, 7) is 1.74. The molecule has 0 fully saturated rings. The molecule has 1 aliphatic rings. The van der Waals surface area contributed by atoms with Gasteiger partial charge in [0.15, 0.2) is 23.8 Å². The third-order valence-electron chi connectivity index (χ3n) is 3.98. The number of hydrogen-bond acceptors (Lipinski definition) is 7. The van der Waals surface area contributed by atoms with Crippen LogP contribution in [0.25, 0.3) is 6.08 Å². The largest absolute Gasteiger partial charge is 0.493 e. The van der Waals surface area contributed by atoms with E-state index in [0.29, 0.717) is 36.2 Å². The summed E-state index contributed by atoms with van der Waals surface area (Å²) in [6.07, 6.45) is 1.56. The highest BCUT2D eigenvalue weighted by Crippen LogP contribution is 2.35. The second-order valence-corrected chi connectivity index (χ2v) is 8.07. The molecular formula is C21H16Cl2INO6. The van der Waals surface area contributed by atoms with Gasteiger partial charge in [0, 0.05) is 5.56 Å². The number of rotatable bonds is 7. The lowest BCUT2D eigenvalue weighted by molar-refractivity contribution is -0.145. The zero-order valence-electron chi connectivity index (χ0n) is 16.4. The van der Waals surface area contributed by atoms with E-state index in [1.54, 1.807) is 43.3 Å². The van der Waals surface area contributed by atoms with E-state index in [0.717, 1.165) is 0 Å². The van der Waals surface area contributed by atoms with Crippen LogP contribution in [0.5, 0.6) is 11.5 Å². The molecule has 7 nitrogen and oxygen atoms in total. The Balaban J connectivity index is 1.87. The van der Waals surface area contributed by atoms with Gasteiger partial charge in [0.2, 0.25) is 5.90 Å². The minimum atomic E-state index is -0.599. The summed E-state index contributed by atoms with van der Waals surface area (Å²) < 4.78 is 21.7. The van der Waals surface area contributed by atoms with Crippen molar-refractivity contribution in [2.45, 2.75) is 6.92 Å². The van der Waals surface area contributed by atoms with Crippen molar-refractivity contribution in [3.63, 3.8) is 0 Å². The quantitative estimate of drug-likeness (QED) is 0.265. The molecule has 3 rings (SSSR count). The monoisotopic (exact) mass is 575 g/mol. The van der Waals surface area contributed by atoms with Crippen molar-refractivity contribution in [3.05, 3.63) is 60.8 Å². The van der Waals surface area contributed by atoms with Gasteiger partial charge in [-0.2, -0.15) is 0 Å². The van der Waals surface area contributed by atoms with Gasteiger partial charge >= 0.3 is 11.9 Å². The van der Waals surface area contributed by atoms with Crippen LogP contribution in [0.4, 0.5) is 0 Å². The molecule has 162 valence electrons. The van der Waals surface area contributed by atoms with Gasteiger partial charge in [-0.3, -0.25) is 0 Å². The number of nitrogens with zero attached hydrogens (tertiary/aromatic N) is 1. The van der Waals surface area contributed by atoms with Crippen molar-refractivity contribution in [3.8, 4) is 11.5 Å². The summed E-state index contributed by atoms with van der Waals surface area (Å²) >= 11 is 14.0.